The summed E-state index contributed by atoms with van der Waals surface area (Å²) in [5.74, 6) is -0.0332. The van der Waals surface area contributed by atoms with Gasteiger partial charge in [0, 0.05) is 48.4 Å². The second-order valence-electron chi connectivity index (χ2n) is 10.9. The van der Waals surface area contributed by atoms with Gasteiger partial charge in [0.25, 0.3) is 5.91 Å². The van der Waals surface area contributed by atoms with Gasteiger partial charge in [-0.05, 0) is 63.1 Å². The quantitative estimate of drug-likeness (QED) is 0.389. The van der Waals surface area contributed by atoms with E-state index < -0.39 is 6.04 Å². The third-order valence-corrected chi connectivity index (χ3v) is 7.82. The van der Waals surface area contributed by atoms with Crippen LogP contribution < -0.4 is 15.5 Å². The van der Waals surface area contributed by atoms with Crippen LogP contribution in [-0.4, -0.2) is 53.8 Å². The molecule has 35 heavy (non-hydrogen) atoms. The van der Waals surface area contributed by atoms with Gasteiger partial charge in [0.2, 0.25) is 11.8 Å². The van der Waals surface area contributed by atoms with Gasteiger partial charge in [-0.1, -0.05) is 39.7 Å². The first kappa shape index (κ1) is 25.7. The van der Waals surface area contributed by atoms with Gasteiger partial charge >= 0.3 is 0 Å². The highest BCUT2D eigenvalue weighted by molar-refractivity contribution is 6.06. The number of rotatable bonds is 10. The Labute approximate surface area is 210 Å². The first-order valence-corrected chi connectivity index (χ1v) is 13.7. The molecule has 1 unspecified atom stereocenters. The van der Waals surface area contributed by atoms with Gasteiger partial charge in [0.05, 0.1) is 0 Å². The molecule has 1 saturated heterocycles. The van der Waals surface area contributed by atoms with E-state index in [-0.39, 0.29) is 24.1 Å². The Morgan fingerprint density at radius 3 is 2.54 bits per heavy atom. The number of carbonyl (C=O) groups excluding carboxylic acids is 3. The van der Waals surface area contributed by atoms with Crippen molar-refractivity contribution in [3.8, 4) is 0 Å². The minimum atomic E-state index is -0.573. The molecule has 2 aliphatic heterocycles. The van der Waals surface area contributed by atoms with Gasteiger partial charge in [0.1, 0.15) is 6.04 Å². The molecular weight excluding hydrogens is 440 g/mol. The Bertz CT molecular complexity index is 923. The number of fused-ring (bicyclic) bond motifs is 1. The monoisotopic (exact) mass is 482 g/mol. The second-order valence-corrected chi connectivity index (χ2v) is 10.9. The number of nitrogens with zero attached hydrogens (tertiary/aromatic N) is 2. The van der Waals surface area contributed by atoms with Gasteiger partial charge in [-0.15, -0.1) is 0 Å². The molecule has 1 aromatic rings. The van der Waals surface area contributed by atoms with E-state index in [4.69, 9.17) is 0 Å². The van der Waals surface area contributed by atoms with Crippen molar-refractivity contribution in [3.63, 3.8) is 0 Å². The van der Waals surface area contributed by atoms with Crippen molar-refractivity contribution in [1.29, 1.82) is 0 Å². The Balaban J connectivity index is 1.52. The van der Waals surface area contributed by atoms with Gasteiger partial charge in [-0.25, -0.2) is 0 Å². The first-order valence-electron chi connectivity index (χ1n) is 13.7. The molecule has 2 fully saturated rings. The van der Waals surface area contributed by atoms with E-state index >= 15 is 0 Å². The molecule has 7 nitrogen and oxygen atoms in total. The average Bonchev–Trinajstić information content (AvgIpc) is 3.17. The molecule has 7 heteroatoms. The van der Waals surface area contributed by atoms with Crippen LogP contribution in [0.1, 0.15) is 94.5 Å². The Hall–Kier alpha value is -2.41. The summed E-state index contributed by atoms with van der Waals surface area (Å²) in [6.07, 6.45) is 8.83. The van der Waals surface area contributed by atoms with Crippen LogP contribution in [0.3, 0.4) is 0 Å². The van der Waals surface area contributed by atoms with Crippen LogP contribution in [0.15, 0.2) is 18.2 Å². The molecule has 1 aliphatic carbocycles. The van der Waals surface area contributed by atoms with Crippen molar-refractivity contribution in [2.75, 3.05) is 18.0 Å². The number of piperidine rings is 1. The predicted molar refractivity (Wildman–Crippen MR) is 138 cm³/mol. The number of benzene rings is 1. The third kappa shape index (κ3) is 5.88. The van der Waals surface area contributed by atoms with E-state index in [2.05, 4.69) is 42.4 Å². The van der Waals surface area contributed by atoms with Crippen molar-refractivity contribution in [2.45, 2.75) is 103 Å². The highest BCUT2D eigenvalue weighted by Crippen LogP contribution is 2.37. The molecular formula is C28H42N4O3. The summed E-state index contributed by atoms with van der Waals surface area (Å²) in [6, 6.07) is 6.53. The maximum atomic E-state index is 13.3. The lowest BCUT2D eigenvalue weighted by Crippen LogP contribution is -2.52. The molecule has 0 radical (unpaired) electrons. The van der Waals surface area contributed by atoms with Crippen LogP contribution in [0, 0.1) is 5.92 Å². The molecule has 0 bridgehead atoms. The molecule has 2 N–H and O–H groups in total. The summed E-state index contributed by atoms with van der Waals surface area (Å²) in [4.78, 5) is 41.7. The van der Waals surface area contributed by atoms with E-state index in [1.54, 1.807) is 4.90 Å². The highest BCUT2D eigenvalue weighted by atomic mass is 16.2. The zero-order chi connectivity index (χ0) is 24.9. The molecule has 0 aromatic heterocycles. The number of nitrogens with one attached hydrogen (secondary N) is 2. The Kier molecular flexibility index (Phi) is 8.47. The van der Waals surface area contributed by atoms with E-state index in [1.807, 2.05) is 12.1 Å². The highest BCUT2D eigenvalue weighted by Gasteiger charge is 2.40. The largest absolute Gasteiger partial charge is 0.368 e. The van der Waals surface area contributed by atoms with E-state index in [0.717, 1.165) is 43.6 Å². The van der Waals surface area contributed by atoms with Crippen LogP contribution in [-0.2, 0) is 16.1 Å². The lowest BCUT2D eigenvalue weighted by Gasteiger charge is -2.40. The predicted octanol–water partition coefficient (Wildman–Crippen LogP) is 4.00. The van der Waals surface area contributed by atoms with E-state index in [1.165, 1.54) is 25.7 Å². The first-order chi connectivity index (χ1) is 16.9. The van der Waals surface area contributed by atoms with Crippen LogP contribution >= 0.6 is 0 Å². The fourth-order valence-electron chi connectivity index (χ4n) is 5.86. The number of anilines is 1. The number of imide groups is 1. The van der Waals surface area contributed by atoms with Gasteiger partial charge in [-0.3, -0.25) is 19.7 Å². The normalized spacial score (nSPS) is 24.6. The molecule has 4 rings (SSSR count). The molecule has 3 aliphatic rings. The number of amides is 3. The molecule has 192 valence electrons. The summed E-state index contributed by atoms with van der Waals surface area (Å²) in [7, 11) is 0. The summed E-state index contributed by atoms with van der Waals surface area (Å²) >= 11 is 0. The number of carbonyl (C=O) groups is 3. The SMILES string of the molecule is CCCCCN(c1cccc2c1CN(C1CCC(=O)NC1=O)C2=O)C1CCC(NCC(C)C)CC1. The van der Waals surface area contributed by atoms with E-state index in [9.17, 15) is 14.4 Å². The fraction of sp³-hybridized carbons (Fsp3) is 0.679. The van der Waals surface area contributed by atoms with Crippen molar-refractivity contribution >= 4 is 23.4 Å². The van der Waals surface area contributed by atoms with Crippen LogP contribution in [0.4, 0.5) is 5.69 Å². The fourth-order valence-corrected chi connectivity index (χ4v) is 5.86. The third-order valence-electron chi connectivity index (χ3n) is 7.82. The second kappa shape index (κ2) is 11.5. The molecule has 1 atom stereocenters. The maximum Gasteiger partial charge on any atom is 0.255 e. The number of hydrogen-bond donors (Lipinski definition) is 2. The van der Waals surface area contributed by atoms with E-state index in [0.29, 0.717) is 36.5 Å². The van der Waals surface area contributed by atoms with Crippen molar-refractivity contribution < 1.29 is 14.4 Å². The summed E-state index contributed by atoms with van der Waals surface area (Å²) in [6.45, 7) is 9.23. The van der Waals surface area contributed by atoms with Gasteiger partial charge < -0.3 is 15.1 Å². The van der Waals surface area contributed by atoms with Gasteiger partial charge in [0.15, 0.2) is 0 Å². The van der Waals surface area contributed by atoms with Crippen LogP contribution in [0.25, 0.3) is 0 Å². The van der Waals surface area contributed by atoms with Crippen LogP contribution in [0.5, 0.6) is 0 Å². The van der Waals surface area contributed by atoms with Crippen LogP contribution in [0.2, 0.25) is 0 Å². The average molecular weight is 483 g/mol. The molecule has 2 heterocycles. The maximum absolute atomic E-state index is 13.3. The Morgan fingerprint density at radius 1 is 1.09 bits per heavy atom. The number of hydrogen-bond acceptors (Lipinski definition) is 5. The zero-order valence-electron chi connectivity index (χ0n) is 21.6. The number of unbranched alkanes of at least 4 members (excludes halogenated alkanes) is 2. The summed E-state index contributed by atoms with van der Waals surface area (Å²) in [5.41, 5.74) is 2.90. The van der Waals surface area contributed by atoms with Crippen molar-refractivity contribution in [2.24, 2.45) is 5.92 Å². The zero-order valence-corrected chi connectivity index (χ0v) is 21.6. The molecule has 0 spiro atoms. The molecule has 1 saturated carbocycles. The minimum absolute atomic E-state index is 0.0912. The molecule has 1 aromatic carbocycles. The summed E-state index contributed by atoms with van der Waals surface area (Å²) in [5, 5.41) is 6.15. The van der Waals surface area contributed by atoms with Crippen molar-refractivity contribution in [1.82, 2.24) is 15.5 Å². The Morgan fingerprint density at radius 2 is 1.86 bits per heavy atom. The lowest BCUT2D eigenvalue weighted by atomic mass is 9.89. The lowest BCUT2D eigenvalue weighted by molar-refractivity contribution is -0.136. The molecule has 3 amide bonds. The standard InChI is InChI=1S/C28H42N4O3/c1-4-5-6-16-31(21-12-10-20(11-13-21)29-17-19(2)3)24-9-7-8-22-23(24)18-32(28(22)35)25-14-15-26(33)30-27(25)34/h7-9,19-21,25,29H,4-6,10-18H2,1-3H3,(H,30,33,34). The van der Waals surface area contributed by atoms with Crippen molar-refractivity contribution in [3.05, 3.63) is 29.3 Å². The topological polar surface area (TPSA) is 81.8 Å². The smallest absolute Gasteiger partial charge is 0.255 e. The minimum Gasteiger partial charge on any atom is -0.368 e. The van der Waals surface area contributed by atoms with Gasteiger partial charge in [-0.2, -0.15) is 0 Å². The summed E-state index contributed by atoms with van der Waals surface area (Å²) < 4.78 is 0.